The van der Waals surface area contributed by atoms with Crippen molar-refractivity contribution in [3.63, 3.8) is 0 Å². The molecule has 66 valence electrons. The summed E-state index contributed by atoms with van der Waals surface area (Å²) in [5.74, 6) is 0. The van der Waals surface area contributed by atoms with Gasteiger partial charge in [-0.25, -0.2) is 0 Å². The number of halogens is 2. The van der Waals surface area contributed by atoms with E-state index in [0.717, 1.165) is 7.11 Å². The third-order valence-corrected chi connectivity index (χ3v) is 1.71. The lowest BCUT2D eigenvalue weighted by atomic mass is 10.1. The molecule has 0 atom stereocenters. The molecule has 1 aromatic rings. The minimum absolute atomic E-state index is 0.0764. The third kappa shape index (κ3) is 1.61. The van der Waals surface area contributed by atoms with E-state index in [2.05, 4.69) is 4.74 Å². The Kier molecular flexibility index (Phi) is 2.43. The number of aryl methyl sites for hydroxylation is 1. The fourth-order valence-corrected chi connectivity index (χ4v) is 1.01. The Hall–Kier alpha value is -0.960. The average Bonchev–Trinajstić information content (AvgIpc) is 2.05. The lowest BCUT2D eigenvalue weighted by Gasteiger charge is -2.15. The highest BCUT2D eigenvalue weighted by Crippen LogP contribution is 2.30. The molecule has 1 nitrogen and oxygen atoms in total. The average molecular weight is 172 g/mol. The molecular formula is C9H10F2O. The van der Waals surface area contributed by atoms with E-state index in [1.807, 2.05) is 0 Å². The second kappa shape index (κ2) is 3.19. The summed E-state index contributed by atoms with van der Waals surface area (Å²) in [4.78, 5) is 0. The molecular weight excluding hydrogens is 162 g/mol. The highest BCUT2D eigenvalue weighted by molar-refractivity contribution is 5.28. The van der Waals surface area contributed by atoms with Crippen LogP contribution in [0.3, 0.4) is 0 Å². The molecule has 0 aliphatic rings. The molecule has 1 rings (SSSR count). The predicted octanol–water partition coefficient (Wildman–Crippen LogP) is 2.69. The fourth-order valence-electron chi connectivity index (χ4n) is 1.01. The highest BCUT2D eigenvalue weighted by Gasteiger charge is 2.32. The van der Waals surface area contributed by atoms with Crippen LogP contribution in [0.25, 0.3) is 0 Å². The van der Waals surface area contributed by atoms with E-state index >= 15 is 0 Å². The summed E-state index contributed by atoms with van der Waals surface area (Å²) in [5, 5.41) is 0. The standard InChI is InChI=1S/C9H10F2O/c1-7-5-3-4-6-8(7)9(10,11)12-2/h3-6H,1-2H3. The quantitative estimate of drug-likeness (QED) is 0.666. The number of rotatable bonds is 2. The number of alkyl halides is 2. The monoisotopic (exact) mass is 172 g/mol. The molecule has 0 radical (unpaired) electrons. The van der Waals surface area contributed by atoms with Gasteiger partial charge in [0.2, 0.25) is 0 Å². The van der Waals surface area contributed by atoms with Gasteiger partial charge in [-0.2, -0.15) is 8.78 Å². The van der Waals surface area contributed by atoms with Crippen molar-refractivity contribution < 1.29 is 13.5 Å². The van der Waals surface area contributed by atoms with Crippen LogP contribution in [-0.2, 0) is 10.8 Å². The van der Waals surface area contributed by atoms with Gasteiger partial charge in [-0.3, -0.25) is 0 Å². The van der Waals surface area contributed by atoms with Crippen LogP contribution in [0.15, 0.2) is 24.3 Å². The summed E-state index contributed by atoms with van der Waals surface area (Å²) >= 11 is 0. The summed E-state index contributed by atoms with van der Waals surface area (Å²) < 4.78 is 29.9. The van der Waals surface area contributed by atoms with E-state index in [-0.39, 0.29) is 5.56 Å². The number of benzene rings is 1. The van der Waals surface area contributed by atoms with Crippen LogP contribution < -0.4 is 0 Å². The molecule has 0 amide bonds. The molecule has 0 aliphatic heterocycles. The number of ether oxygens (including phenoxy) is 1. The van der Waals surface area contributed by atoms with Crippen LogP contribution in [-0.4, -0.2) is 7.11 Å². The van der Waals surface area contributed by atoms with Gasteiger partial charge >= 0.3 is 6.11 Å². The van der Waals surface area contributed by atoms with Crippen molar-refractivity contribution in [1.29, 1.82) is 0 Å². The maximum Gasteiger partial charge on any atom is 0.383 e. The van der Waals surface area contributed by atoms with Crippen molar-refractivity contribution in [3.8, 4) is 0 Å². The molecule has 0 saturated heterocycles. The molecule has 0 aliphatic carbocycles. The molecule has 0 aromatic heterocycles. The van der Waals surface area contributed by atoms with Crippen LogP contribution in [0.2, 0.25) is 0 Å². The van der Waals surface area contributed by atoms with Gasteiger partial charge in [-0.15, -0.1) is 0 Å². The zero-order chi connectivity index (χ0) is 9.19. The Balaban J connectivity index is 3.10. The van der Waals surface area contributed by atoms with Crippen LogP contribution in [0.4, 0.5) is 8.78 Å². The Morgan fingerprint density at radius 1 is 1.25 bits per heavy atom. The number of hydrogen-bond acceptors (Lipinski definition) is 1. The first-order chi connectivity index (χ1) is 5.58. The summed E-state index contributed by atoms with van der Waals surface area (Å²) in [6.07, 6.45) is -3.18. The first-order valence-electron chi connectivity index (χ1n) is 3.57. The fraction of sp³-hybridized carbons (Fsp3) is 0.333. The van der Waals surface area contributed by atoms with Crippen molar-refractivity contribution in [3.05, 3.63) is 35.4 Å². The Morgan fingerprint density at radius 2 is 1.83 bits per heavy atom. The second-order valence-electron chi connectivity index (χ2n) is 2.54. The molecule has 0 saturated carbocycles. The summed E-state index contributed by atoms with van der Waals surface area (Å²) in [5.41, 5.74) is 0.455. The molecule has 0 N–H and O–H groups in total. The predicted molar refractivity (Wildman–Crippen MR) is 42.1 cm³/mol. The van der Waals surface area contributed by atoms with E-state index in [1.54, 1.807) is 25.1 Å². The zero-order valence-corrected chi connectivity index (χ0v) is 6.97. The normalized spacial score (nSPS) is 11.7. The smallest absolute Gasteiger partial charge is 0.320 e. The van der Waals surface area contributed by atoms with Crippen molar-refractivity contribution in [2.75, 3.05) is 7.11 Å². The lowest BCUT2D eigenvalue weighted by molar-refractivity contribution is -0.231. The Labute approximate surface area is 70.0 Å². The van der Waals surface area contributed by atoms with Gasteiger partial charge in [0.15, 0.2) is 0 Å². The SMILES string of the molecule is COC(F)(F)c1ccccc1C. The van der Waals surface area contributed by atoms with Crippen LogP contribution >= 0.6 is 0 Å². The topological polar surface area (TPSA) is 9.23 Å². The Morgan fingerprint density at radius 3 is 2.33 bits per heavy atom. The highest BCUT2D eigenvalue weighted by atomic mass is 19.3. The van der Waals surface area contributed by atoms with E-state index < -0.39 is 6.11 Å². The van der Waals surface area contributed by atoms with Crippen LogP contribution in [0.1, 0.15) is 11.1 Å². The third-order valence-electron chi connectivity index (χ3n) is 1.71. The van der Waals surface area contributed by atoms with Crippen molar-refractivity contribution >= 4 is 0 Å². The first-order valence-corrected chi connectivity index (χ1v) is 3.57. The van der Waals surface area contributed by atoms with Crippen LogP contribution in [0.5, 0.6) is 0 Å². The van der Waals surface area contributed by atoms with Gasteiger partial charge in [0.05, 0.1) is 5.56 Å². The van der Waals surface area contributed by atoms with E-state index in [0.29, 0.717) is 5.56 Å². The molecule has 0 heterocycles. The largest absolute Gasteiger partial charge is 0.383 e. The van der Waals surface area contributed by atoms with E-state index in [1.165, 1.54) is 6.07 Å². The maximum absolute atomic E-state index is 12.9. The first kappa shape index (κ1) is 9.13. The van der Waals surface area contributed by atoms with Crippen LogP contribution in [0, 0.1) is 6.92 Å². The van der Waals surface area contributed by atoms with Crippen molar-refractivity contribution in [2.45, 2.75) is 13.0 Å². The lowest BCUT2D eigenvalue weighted by Crippen LogP contribution is -2.16. The maximum atomic E-state index is 12.9. The number of hydrogen-bond donors (Lipinski definition) is 0. The van der Waals surface area contributed by atoms with E-state index in [9.17, 15) is 8.78 Å². The van der Waals surface area contributed by atoms with Gasteiger partial charge in [0.1, 0.15) is 0 Å². The van der Waals surface area contributed by atoms with Gasteiger partial charge in [-0.1, -0.05) is 24.3 Å². The van der Waals surface area contributed by atoms with Crippen molar-refractivity contribution in [1.82, 2.24) is 0 Å². The second-order valence-corrected chi connectivity index (χ2v) is 2.54. The number of methoxy groups -OCH3 is 1. The molecule has 0 bridgehead atoms. The molecule has 12 heavy (non-hydrogen) atoms. The summed E-state index contributed by atoms with van der Waals surface area (Å²) in [7, 11) is 0.992. The van der Waals surface area contributed by atoms with Gasteiger partial charge in [-0.05, 0) is 12.5 Å². The summed E-state index contributed by atoms with van der Waals surface area (Å²) in [6, 6.07) is 6.26. The summed E-state index contributed by atoms with van der Waals surface area (Å²) in [6.45, 7) is 1.63. The Bertz CT molecular complexity index is 271. The molecule has 3 heteroatoms. The molecule has 0 unspecified atom stereocenters. The van der Waals surface area contributed by atoms with Gasteiger partial charge in [0, 0.05) is 7.11 Å². The van der Waals surface area contributed by atoms with E-state index in [4.69, 9.17) is 0 Å². The zero-order valence-electron chi connectivity index (χ0n) is 6.97. The minimum Gasteiger partial charge on any atom is -0.320 e. The molecule has 0 fully saturated rings. The molecule has 1 aromatic carbocycles. The van der Waals surface area contributed by atoms with Crippen molar-refractivity contribution in [2.24, 2.45) is 0 Å². The van der Waals surface area contributed by atoms with Gasteiger partial charge < -0.3 is 4.74 Å². The molecule has 0 spiro atoms. The van der Waals surface area contributed by atoms with Gasteiger partial charge in [0.25, 0.3) is 0 Å². The minimum atomic E-state index is -3.18.